The summed E-state index contributed by atoms with van der Waals surface area (Å²) in [5, 5.41) is 4.65. The molecule has 0 radical (unpaired) electrons. The van der Waals surface area contributed by atoms with Crippen LogP contribution in [0.2, 0.25) is 0 Å². The van der Waals surface area contributed by atoms with E-state index in [4.69, 9.17) is 11.5 Å². The van der Waals surface area contributed by atoms with Crippen molar-refractivity contribution in [3.63, 3.8) is 0 Å². The Hall–Kier alpha value is -4.95. The van der Waals surface area contributed by atoms with E-state index < -0.39 is 70.8 Å². The molecule has 32 heavy (non-hydrogen) atoms. The number of hydrogen-bond donors (Lipinski definition) is 6. The second-order valence-corrected chi connectivity index (χ2v) is 5.94. The maximum Gasteiger partial charge on any atom is 0.331 e. The van der Waals surface area contributed by atoms with Crippen molar-refractivity contribution in [3.05, 3.63) is 62.3 Å². The van der Waals surface area contributed by atoms with Crippen molar-refractivity contribution in [2.75, 3.05) is 18.9 Å². The van der Waals surface area contributed by atoms with Crippen LogP contribution in [-0.2, 0) is 28.7 Å². The molecule has 1 aromatic rings. The third-order valence-electron chi connectivity index (χ3n) is 3.62. The zero-order valence-electron chi connectivity index (χ0n) is 16.1. The minimum atomic E-state index is -1.16. The molecule has 15 heteroatoms. The van der Waals surface area contributed by atoms with E-state index in [0.717, 1.165) is 0 Å². The summed E-state index contributed by atoms with van der Waals surface area (Å²) in [6, 6.07) is 0. The molecule has 0 aromatic carbocycles. The molecule has 0 atom stereocenters. The molecule has 0 bridgehead atoms. The number of carbonyl (C=O) groups excluding carboxylic acids is 5. The molecule has 2 rings (SSSR count). The lowest BCUT2D eigenvalue weighted by atomic mass is 10.1. The Morgan fingerprint density at radius 2 is 1.44 bits per heavy atom. The molecule has 0 unspecified atom stereocenters. The number of aromatic nitrogens is 2. The molecule has 168 valence electrons. The van der Waals surface area contributed by atoms with Crippen LogP contribution < -0.4 is 33.3 Å². The second-order valence-electron chi connectivity index (χ2n) is 5.94. The lowest BCUT2D eigenvalue weighted by Gasteiger charge is -2.20. The smallest absolute Gasteiger partial charge is 0.331 e. The number of aromatic amines is 2. The summed E-state index contributed by atoms with van der Waals surface area (Å²) in [5.74, 6) is -5.79. The van der Waals surface area contributed by atoms with Gasteiger partial charge >= 0.3 is 17.6 Å². The van der Waals surface area contributed by atoms with Gasteiger partial charge in [-0.15, -0.1) is 0 Å². The first-order valence-electron chi connectivity index (χ1n) is 8.46. The van der Waals surface area contributed by atoms with Gasteiger partial charge in [-0.1, -0.05) is 6.58 Å². The van der Waals surface area contributed by atoms with E-state index in [1.807, 2.05) is 4.98 Å². The standard InChI is InChI=1S/C17H16N6O9/c1-6-20-13(18)11(15(28)21-6)7(24)4-31-9(26)2-3-10(27)32-5-8(25)12-14(19)22-17(30)23-16(12)29/h2-3,20H,1,4-5,18H2,(H,21,28)(H4,19,22,23,29,30)/b3-2+. The number of esters is 2. The average molecular weight is 448 g/mol. The fourth-order valence-electron chi connectivity index (χ4n) is 2.29. The number of carbonyl (C=O) groups is 5. The van der Waals surface area contributed by atoms with Gasteiger partial charge in [-0.05, 0) is 0 Å². The molecule has 8 N–H and O–H groups in total. The summed E-state index contributed by atoms with van der Waals surface area (Å²) in [6.45, 7) is 1.64. The predicted molar refractivity (Wildman–Crippen MR) is 104 cm³/mol. The molecule has 1 aliphatic heterocycles. The van der Waals surface area contributed by atoms with Crippen LogP contribution >= 0.6 is 0 Å². The van der Waals surface area contributed by atoms with E-state index in [1.165, 1.54) is 0 Å². The van der Waals surface area contributed by atoms with Crippen LogP contribution in [0.15, 0.2) is 45.5 Å². The number of ether oxygens (including phenoxy) is 2. The Bertz CT molecular complexity index is 1200. The first-order chi connectivity index (χ1) is 15.0. The second kappa shape index (κ2) is 9.70. The van der Waals surface area contributed by atoms with Crippen molar-refractivity contribution < 1.29 is 33.4 Å². The van der Waals surface area contributed by atoms with Crippen molar-refractivity contribution in [1.29, 1.82) is 0 Å². The molecule has 15 nitrogen and oxygen atoms in total. The molecular weight excluding hydrogens is 432 g/mol. The van der Waals surface area contributed by atoms with E-state index in [1.54, 1.807) is 4.98 Å². The number of nitrogens with two attached hydrogens (primary N) is 2. The number of Topliss-reactive ketones (excluding diaryl/α,β-unsaturated/α-hetero) is 2. The summed E-state index contributed by atoms with van der Waals surface area (Å²) < 4.78 is 9.17. The quantitative estimate of drug-likeness (QED) is 0.0977. The fourth-order valence-corrected chi connectivity index (χ4v) is 2.29. The van der Waals surface area contributed by atoms with Gasteiger partial charge < -0.3 is 31.6 Å². The third kappa shape index (κ3) is 5.78. The average Bonchev–Trinajstić information content (AvgIpc) is 2.67. The Kier molecular flexibility index (Phi) is 7.07. The lowest BCUT2D eigenvalue weighted by Crippen LogP contribution is -2.44. The highest BCUT2D eigenvalue weighted by Gasteiger charge is 2.27. The number of nitrogens with one attached hydrogen (secondary N) is 4. The van der Waals surface area contributed by atoms with Crippen LogP contribution in [-0.4, -0.2) is 52.6 Å². The van der Waals surface area contributed by atoms with Crippen LogP contribution in [0, 0.1) is 0 Å². The summed E-state index contributed by atoms with van der Waals surface area (Å²) in [4.78, 5) is 85.3. The van der Waals surface area contributed by atoms with Crippen molar-refractivity contribution in [3.8, 4) is 0 Å². The van der Waals surface area contributed by atoms with E-state index in [2.05, 4.69) is 26.7 Å². The minimum absolute atomic E-state index is 0.0637. The summed E-state index contributed by atoms with van der Waals surface area (Å²) in [5.41, 5.74) is 7.83. The number of nitrogen functional groups attached to an aromatic ring is 1. The number of anilines is 1. The zero-order chi connectivity index (χ0) is 24.0. The summed E-state index contributed by atoms with van der Waals surface area (Å²) >= 11 is 0. The molecule has 1 aromatic heterocycles. The van der Waals surface area contributed by atoms with Crippen molar-refractivity contribution in [1.82, 2.24) is 20.6 Å². The van der Waals surface area contributed by atoms with Crippen molar-refractivity contribution in [2.24, 2.45) is 5.73 Å². The Morgan fingerprint density at radius 3 is 1.97 bits per heavy atom. The van der Waals surface area contributed by atoms with Gasteiger partial charge in [0.15, 0.2) is 13.2 Å². The SMILES string of the molecule is C=C1NC(=O)C(C(=O)COC(=O)/C=C/C(=O)OCC(=O)c2c(N)[nH]c(=O)[nH]c2=O)=C(N)N1. The Labute approximate surface area is 177 Å². The topological polar surface area (TPSA) is 246 Å². The lowest BCUT2D eigenvalue weighted by molar-refractivity contribution is -0.143. The molecule has 2 heterocycles. The van der Waals surface area contributed by atoms with E-state index in [0.29, 0.717) is 12.2 Å². The first-order valence-corrected chi connectivity index (χ1v) is 8.46. The van der Waals surface area contributed by atoms with Crippen LogP contribution in [0.4, 0.5) is 5.82 Å². The molecule has 0 aliphatic carbocycles. The summed E-state index contributed by atoms with van der Waals surface area (Å²) in [6.07, 6.45) is 1.19. The molecule has 1 aliphatic rings. The van der Waals surface area contributed by atoms with Gasteiger partial charge in [0.25, 0.3) is 11.5 Å². The monoisotopic (exact) mass is 448 g/mol. The maximum atomic E-state index is 12.0. The molecular formula is C17H16N6O9. The number of rotatable bonds is 8. The highest BCUT2D eigenvalue weighted by Crippen LogP contribution is 2.07. The fraction of sp³-hybridized carbons (Fsp3) is 0.118. The van der Waals surface area contributed by atoms with Crippen LogP contribution in [0.1, 0.15) is 10.4 Å². The van der Waals surface area contributed by atoms with Gasteiger partial charge in [0, 0.05) is 12.2 Å². The molecule has 0 fully saturated rings. The number of amides is 1. The largest absolute Gasteiger partial charge is 0.454 e. The summed E-state index contributed by atoms with van der Waals surface area (Å²) in [7, 11) is 0. The van der Waals surface area contributed by atoms with Gasteiger partial charge in [-0.2, -0.15) is 0 Å². The van der Waals surface area contributed by atoms with E-state index in [9.17, 15) is 33.6 Å². The highest BCUT2D eigenvalue weighted by molar-refractivity contribution is 6.21. The zero-order valence-corrected chi connectivity index (χ0v) is 16.1. The van der Waals surface area contributed by atoms with Crippen molar-refractivity contribution in [2.45, 2.75) is 0 Å². The van der Waals surface area contributed by atoms with Crippen LogP contribution in [0.5, 0.6) is 0 Å². The number of H-pyrrole nitrogens is 2. The molecule has 0 spiro atoms. The normalized spacial score (nSPS) is 13.4. The van der Waals surface area contributed by atoms with Crippen LogP contribution in [0.3, 0.4) is 0 Å². The Balaban J connectivity index is 1.86. The van der Waals surface area contributed by atoms with Crippen LogP contribution in [0.25, 0.3) is 0 Å². The first kappa shape index (κ1) is 23.3. The van der Waals surface area contributed by atoms with Crippen molar-refractivity contribution >= 4 is 35.2 Å². The van der Waals surface area contributed by atoms with E-state index in [-0.39, 0.29) is 11.6 Å². The van der Waals surface area contributed by atoms with Gasteiger partial charge in [0.05, 0.1) is 0 Å². The molecule has 1 amide bonds. The molecule has 0 saturated carbocycles. The maximum absolute atomic E-state index is 12.0. The van der Waals surface area contributed by atoms with Gasteiger partial charge in [0.2, 0.25) is 11.6 Å². The third-order valence-corrected chi connectivity index (χ3v) is 3.62. The number of ketones is 2. The molecule has 0 saturated heterocycles. The predicted octanol–water partition coefficient (Wildman–Crippen LogP) is -3.60. The number of hydrogen-bond acceptors (Lipinski definition) is 12. The van der Waals surface area contributed by atoms with Gasteiger partial charge in [0.1, 0.15) is 28.6 Å². The van der Waals surface area contributed by atoms with E-state index >= 15 is 0 Å². The van der Waals surface area contributed by atoms with Gasteiger partial charge in [-0.25, -0.2) is 14.4 Å². The van der Waals surface area contributed by atoms with Gasteiger partial charge in [-0.3, -0.25) is 29.1 Å². The highest BCUT2D eigenvalue weighted by atomic mass is 16.5. The minimum Gasteiger partial charge on any atom is -0.454 e. The Morgan fingerprint density at radius 1 is 0.875 bits per heavy atom.